The molecular weight excluding hydrogens is 519 g/mol. The molecule has 0 atom stereocenters. The van der Waals surface area contributed by atoms with Gasteiger partial charge in [-0.1, -0.05) is 66.7 Å². The number of halogens is 1. The number of carbonyl (C=O) groups is 2. The Bertz CT molecular complexity index is 1850. The van der Waals surface area contributed by atoms with Crippen LogP contribution in [0.5, 0.6) is 0 Å². The zero-order valence-electron chi connectivity index (χ0n) is 21.6. The Morgan fingerprint density at radius 3 is 2.15 bits per heavy atom. The summed E-state index contributed by atoms with van der Waals surface area (Å²) in [6.45, 7) is 0. The molecule has 2 amide bonds. The second-order valence-corrected chi connectivity index (χ2v) is 9.15. The molecule has 9 heteroatoms. The van der Waals surface area contributed by atoms with Gasteiger partial charge in [-0.05, 0) is 65.4 Å². The van der Waals surface area contributed by atoms with Crippen molar-refractivity contribution in [1.82, 2.24) is 25.6 Å². The minimum Gasteiger partial charge on any atom is -0.323 e. The molecule has 0 bridgehead atoms. The van der Waals surface area contributed by atoms with Gasteiger partial charge in [0.1, 0.15) is 5.82 Å². The zero-order chi connectivity index (χ0) is 28.2. The van der Waals surface area contributed by atoms with E-state index >= 15 is 0 Å². The third kappa shape index (κ3) is 5.50. The Kier molecular flexibility index (Phi) is 6.90. The average molecular weight is 543 g/mol. The normalized spacial score (nSPS) is 10.8. The van der Waals surface area contributed by atoms with E-state index in [1.54, 1.807) is 53.2 Å². The highest BCUT2D eigenvalue weighted by Gasteiger charge is 2.15. The van der Waals surface area contributed by atoms with E-state index in [-0.39, 0.29) is 5.82 Å². The quantitative estimate of drug-likeness (QED) is 0.223. The molecule has 8 nitrogen and oxygen atoms in total. The number of anilines is 2. The first-order chi connectivity index (χ1) is 20.0. The molecule has 0 saturated heterocycles. The molecule has 3 N–H and O–H groups in total. The number of nitrogens with one attached hydrogen (secondary N) is 3. The molecule has 6 rings (SSSR count). The number of nitrogens with zero attached hydrogens (tertiary/aromatic N) is 3. The molecule has 0 aliphatic heterocycles. The highest BCUT2D eigenvalue weighted by atomic mass is 19.1. The van der Waals surface area contributed by atoms with Crippen LogP contribution in [0.3, 0.4) is 0 Å². The maximum Gasteiger partial charge on any atom is 0.270 e. The number of benzene rings is 5. The van der Waals surface area contributed by atoms with Crippen LogP contribution in [-0.2, 0) is 0 Å². The summed E-state index contributed by atoms with van der Waals surface area (Å²) >= 11 is 0. The van der Waals surface area contributed by atoms with Crippen LogP contribution in [0.15, 0.2) is 121 Å². The monoisotopic (exact) mass is 542 g/mol. The number of aromatic nitrogens is 3. The topological polar surface area (TPSA) is 101 Å². The highest BCUT2D eigenvalue weighted by Crippen LogP contribution is 2.24. The molecule has 0 aliphatic rings. The van der Waals surface area contributed by atoms with Crippen molar-refractivity contribution in [3.05, 3.63) is 138 Å². The lowest BCUT2D eigenvalue weighted by Crippen LogP contribution is -2.41. The van der Waals surface area contributed by atoms with Gasteiger partial charge in [0, 0.05) is 22.4 Å². The minimum absolute atomic E-state index is 0.327. The average Bonchev–Trinajstić information content (AvgIpc) is 3.44. The van der Waals surface area contributed by atoms with Gasteiger partial charge in [0.05, 0.1) is 5.69 Å². The van der Waals surface area contributed by atoms with E-state index < -0.39 is 11.8 Å². The molecule has 0 unspecified atom stereocenters. The van der Waals surface area contributed by atoms with Crippen molar-refractivity contribution in [3.63, 3.8) is 0 Å². The second kappa shape index (κ2) is 11.1. The Balaban J connectivity index is 1.16. The van der Waals surface area contributed by atoms with Gasteiger partial charge in [-0.25, -0.2) is 9.07 Å². The van der Waals surface area contributed by atoms with E-state index in [9.17, 15) is 14.0 Å². The number of rotatable bonds is 6. The predicted octanol–water partition coefficient (Wildman–Crippen LogP) is 6.05. The van der Waals surface area contributed by atoms with Crippen LogP contribution in [0.4, 0.5) is 16.0 Å². The van der Waals surface area contributed by atoms with Gasteiger partial charge >= 0.3 is 0 Å². The van der Waals surface area contributed by atoms with E-state index in [1.807, 2.05) is 60.7 Å². The van der Waals surface area contributed by atoms with Crippen molar-refractivity contribution in [2.24, 2.45) is 0 Å². The van der Waals surface area contributed by atoms with Crippen LogP contribution in [0.25, 0.3) is 27.8 Å². The first-order valence-corrected chi connectivity index (χ1v) is 12.8. The highest BCUT2D eigenvalue weighted by molar-refractivity contribution is 6.08. The van der Waals surface area contributed by atoms with Crippen molar-refractivity contribution in [3.8, 4) is 17.1 Å². The number of hydrazine groups is 1. The number of fused-ring (bicyclic) bond motifs is 1. The van der Waals surface area contributed by atoms with E-state index in [0.29, 0.717) is 34.3 Å². The fourth-order valence-electron chi connectivity index (χ4n) is 4.41. The first-order valence-electron chi connectivity index (χ1n) is 12.8. The Labute approximate surface area is 234 Å². The zero-order valence-corrected chi connectivity index (χ0v) is 21.6. The lowest BCUT2D eigenvalue weighted by atomic mass is 10.0. The van der Waals surface area contributed by atoms with E-state index in [0.717, 1.165) is 16.3 Å². The summed E-state index contributed by atoms with van der Waals surface area (Å²) in [5.74, 6) is -0.309. The molecule has 5 aromatic carbocycles. The molecule has 1 aromatic heterocycles. The largest absolute Gasteiger partial charge is 0.323 e. The number of hydrogen-bond donors (Lipinski definition) is 3. The molecule has 0 radical (unpaired) electrons. The van der Waals surface area contributed by atoms with Crippen molar-refractivity contribution >= 4 is 34.2 Å². The van der Waals surface area contributed by atoms with Gasteiger partial charge in [-0.3, -0.25) is 20.4 Å². The summed E-state index contributed by atoms with van der Waals surface area (Å²) in [6, 6.07) is 35.2. The third-order valence-corrected chi connectivity index (χ3v) is 6.44. The summed E-state index contributed by atoms with van der Waals surface area (Å²) in [6.07, 6.45) is 0. The number of carbonyl (C=O) groups excluding carboxylic acids is 2. The Hall–Kier alpha value is -5.83. The second-order valence-electron chi connectivity index (χ2n) is 9.15. The molecule has 200 valence electrons. The Morgan fingerprint density at radius 1 is 0.683 bits per heavy atom. The van der Waals surface area contributed by atoms with E-state index in [1.165, 1.54) is 12.1 Å². The summed E-state index contributed by atoms with van der Waals surface area (Å²) in [5.41, 5.74) is 7.92. The standard InChI is InChI=1S/C32H23FN6O2/c33-24-15-19-26(20-16-24)39-29(22-8-2-1-3-9-22)35-32(38-39)34-25-17-13-23(14-18-25)30(40)36-37-31(41)28-12-6-10-21-7-4-5-11-27(21)28/h1-20H,(H,34,38)(H,36,40)(H,37,41). The van der Waals surface area contributed by atoms with Gasteiger partial charge in [0.15, 0.2) is 5.82 Å². The molecule has 0 saturated carbocycles. The SMILES string of the molecule is O=C(NNC(=O)c1cccc2ccccc12)c1ccc(Nc2nc(-c3ccccc3)n(-c3ccc(F)cc3)n2)cc1. The smallest absolute Gasteiger partial charge is 0.270 e. The van der Waals surface area contributed by atoms with Crippen molar-refractivity contribution < 1.29 is 14.0 Å². The van der Waals surface area contributed by atoms with Crippen LogP contribution in [0.2, 0.25) is 0 Å². The molecular formula is C32H23FN6O2. The van der Waals surface area contributed by atoms with Crippen molar-refractivity contribution in [1.29, 1.82) is 0 Å². The maximum atomic E-state index is 13.5. The van der Waals surface area contributed by atoms with Gasteiger partial charge < -0.3 is 5.32 Å². The van der Waals surface area contributed by atoms with Crippen LogP contribution < -0.4 is 16.2 Å². The number of hydrogen-bond acceptors (Lipinski definition) is 5. The van der Waals surface area contributed by atoms with Gasteiger partial charge in [0.2, 0.25) is 5.95 Å². The summed E-state index contributed by atoms with van der Waals surface area (Å²) < 4.78 is 15.2. The fourth-order valence-corrected chi connectivity index (χ4v) is 4.41. The van der Waals surface area contributed by atoms with E-state index in [2.05, 4.69) is 26.3 Å². The van der Waals surface area contributed by atoms with Gasteiger partial charge in [-0.15, -0.1) is 5.10 Å². The van der Waals surface area contributed by atoms with Crippen molar-refractivity contribution in [2.75, 3.05) is 5.32 Å². The van der Waals surface area contributed by atoms with Crippen LogP contribution in [0.1, 0.15) is 20.7 Å². The van der Waals surface area contributed by atoms with Crippen LogP contribution in [0, 0.1) is 5.82 Å². The van der Waals surface area contributed by atoms with Crippen LogP contribution in [-0.4, -0.2) is 26.6 Å². The summed E-state index contributed by atoms with van der Waals surface area (Å²) in [4.78, 5) is 30.1. The van der Waals surface area contributed by atoms with Crippen LogP contribution >= 0.6 is 0 Å². The van der Waals surface area contributed by atoms with Crippen molar-refractivity contribution in [2.45, 2.75) is 0 Å². The minimum atomic E-state index is -0.463. The molecule has 41 heavy (non-hydrogen) atoms. The Morgan fingerprint density at radius 2 is 1.37 bits per heavy atom. The summed E-state index contributed by atoms with van der Waals surface area (Å²) in [5, 5.41) is 9.46. The first kappa shape index (κ1) is 25.4. The lowest BCUT2D eigenvalue weighted by Gasteiger charge is -2.10. The maximum absolute atomic E-state index is 13.5. The molecule has 0 spiro atoms. The molecule has 0 fully saturated rings. The van der Waals surface area contributed by atoms with Gasteiger partial charge in [0.25, 0.3) is 11.8 Å². The fraction of sp³-hybridized carbons (Fsp3) is 0. The third-order valence-electron chi connectivity index (χ3n) is 6.44. The summed E-state index contributed by atoms with van der Waals surface area (Å²) in [7, 11) is 0. The lowest BCUT2D eigenvalue weighted by molar-refractivity contribution is 0.0847. The predicted molar refractivity (Wildman–Crippen MR) is 155 cm³/mol. The molecule has 1 heterocycles. The van der Waals surface area contributed by atoms with E-state index in [4.69, 9.17) is 0 Å². The molecule has 6 aromatic rings. The number of amides is 2. The van der Waals surface area contributed by atoms with Gasteiger partial charge in [-0.2, -0.15) is 4.98 Å². The molecule has 0 aliphatic carbocycles.